The molecule has 0 aliphatic carbocycles. The molecular formula is C19H14Cl4F6N2O3. The van der Waals surface area contributed by atoms with Crippen LogP contribution in [0.3, 0.4) is 0 Å². The van der Waals surface area contributed by atoms with E-state index in [0.29, 0.717) is 0 Å². The van der Waals surface area contributed by atoms with Gasteiger partial charge in [-0.1, -0.05) is 46.4 Å². The number of hydrogen-bond donors (Lipinski definition) is 3. The first-order valence-electron chi connectivity index (χ1n) is 8.91. The molecule has 3 rings (SSSR count). The largest absolute Gasteiger partial charge is 0.434 e. The number of carbonyl (C=O) groups is 1. The van der Waals surface area contributed by atoms with Crippen molar-refractivity contribution in [1.82, 2.24) is 5.32 Å². The van der Waals surface area contributed by atoms with E-state index in [9.17, 15) is 36.2 Å². The molecule has 2 unspecified atom stereocenters. The summed E-state index contributed by atoms with van der Waals surface area (Å²) in [5, 5.41) is 11.6. The van der Waals surface area contributed by atoms with Gasteiger partial charge in [0.2, 0.25) is 0 Å². The first-order valence-corrected chi connectivity index (χ1v) is 10.4. The lowest BCUT2D eigenvalue weighted by Gasteiger charge is -2.29. The fourth-order valence-electron chi connectivity index (χ4n) is 2.89. The number of aliphatic hydroxyl groups is 1. The smallest absolute Gasteiger partial charge is 0.426 e. The van der Waals surface area contributed by atoms with Gasteiger partial charge >= 0.3 is 18.4 Å². The molecule has 0 bridgehead atoms. The number of carbonyl (C=O) groups excluding carboxylic acids is 1. The highest BCUT2D eigenvalue weighted by Crippen LogP contribution is 2.45. The topological polar surface area (TPSA) is 84.6 Å². The minimum Gasteiger partial charge on any atom is -0.426 e. The average Bonchev–Trinajstić information content (AvgIpc) is 3.08. The third-order valence-electron chi connectivity index (χ3n) is 4.64. The van der Waals surface area contributed by atoms with Gasteiger partial charge in [-0.2, -0.15) is 26.3 Å². The number of alkyl carbamates (subject to hydrolysis) is 1. The molecule has 1 heterocycles. The SMILES string of the molecule is NCC(O)(c1cc(Cl)cc(Cl)c1)C(F)(F)F.O=C1NCC(c2cc(Cl)cc(Cl)c2)(C(F)(F)F)O1. The number of halogens is 10. The lowest BCUT2D eigenvalue weighted by molar-refractivity contribution is -0.262. The van der Waals surface area contributed by atoms with Crippen molar-refractivity contribution in [1.29, 1.82) is 0 Å². The Morgan fingerprint density at radius 1 is 0.912 bits per heavy atom. The van der Waals surface area contributed by atoms with Crippen molar-refractivity contribution in [2.75, 3.05) is 13.1 Å². The molecule has 4 N–H and O–H groups in total. The Kier molecular flexibility index (Phi) is 8.55. The number of ether oxygens (including phenoxy) is 1. The Morgan fingerprint density at radius 2 is 1.35 bits per heavy atom. The molecule has 1 saturated heterocycles. The van der Waals surface area contributed by atoms with Crippen LogP contribution in [-0.2, 0) is 15.9 Å². The second-order valence-electron chi connectivity index (χ2n) is 6.95. The maximum absolute atomic E-state index is 13.1. The van der Waals surface area contributed by atoms with Gasteiger partial charge < -0.3 is 20.9 Å². The second-order valence-corrected chi connectivity index (χ2v) is 8.69. The number of hydrogen-bond acceptors (Lipinski definition) is 4. The van der Waals surface area contributed by atoms with Gasteiger partial charge in [-0.3, -0.25) is 0 Å². The molecule has 15 heteroatoms. The highest BCUT2D eigenvalue weighted by molar-refractivity contribution is 6.35. The molecule has 0 aromatic heterocycles. The normalized spacial score (nSPS) is 20.1. The van der Waals surface area contributed by atoms with Gasteiger partial charge in [0.15, 0.2) is 5.60 Å². The van der Waals surface area contributed by atoms with Crippen molar-refractivity contribution in [3.8, 4) is 0 Å². The minimum absolute atomic E-state index is 0.00127. The van der Waals surface area contributed by atoms with Gasteiger partial charge in [-0.25, -0.2) is 4.79 Å². The maximum atomic E-state index is 13.1. The lowest BCUT2D eigenvalue weighted by Crippen LogP contribution is -2.48. The fraction of sp³-hybridized carbons (Fsp3) is 0.316. The van der Waals surface area contributed by atoms with Crippen LogP contribution < -0.4 is 11.1 Å². The third kappa shape index (κ3) is 5.95. The van der Waals surface area contributed by atoms with E-state index in [-0.39, 0.29) is 25.7 Å². The maximum Gasteiger partial charge on any atom is 0.434 e. The third-order valence-corrected chi connectivity index (χ3v) is 5.51. The fourth-order valence-corrected chi connectivity index (χ4v) is 3.94. The Labute approximate surface area is 208 Å². The minimum atomic E-state index is -4.89. The number of alkyl halides is 6. The molecular weight excluding hydrogens is 560 g/mol. The Morgan fingerprint density at radius 3 is 1.68 bits per heavy atom. The summed E-state index contributed by atoms with van der Waals surface area (Å²) in [6.07, 6.45) is -10.8. The number of cyclic esters (lactones) is 1. The summed E-state index contributed by atoms with van der Waals surface area (Å²) in [6, 6.07) is 6.66. The van der Waals surface area contributed by atoms with E-state index >= 15 is 0 Å². The van der Waals surface area contributed by atoms with E-state index in [0.717, 1.165) is 24.3 Å². The first-order chi connectivity index (χ1) is 15.4. The second kappa shape index (κ2) is 10.2. The van der Waals surface area contributed by atoms with Crippen LogP contribution in [0.1, 0.15) is 11.1 Å². The van der Waals surface area contributed by atoms with Crippen molar-refractivity contribution in [2.45, 2.75) is 23.6 Å². The van der Waals surface area contributed by atoms with Gasteiger partial charge in [0.1, 0.15) is 0 Å². The predicted molar refractivity (Wildman–Crippen MR) is 114 cm³/mol. The molecule has 2 aromatic carbocycles. The molecule has 0 spiro atoms. The molecule has 2 aromatic rings. The van der Waals surface area contributed by atoms with Gasteiger partial charge in [-0.15, -0.1) is 0 Å². The average molecular weight is 574 g/mol. The van der Waals surface area contributed by atoms with Crippen LogP contribution in [0.4, 0.5) is 31.1 Å². The molecule has 1 aliphatic rings. The van der Waals surface area contributed by atoms with Crippen LogP contribution in [-0.4, -0.2) is 36.6 Å². The Balaban J connectivity index is 0.000000242. The van der Waals surface area contributed by atoms with Crippen molar-refractivity contribution in [2.24, 2.45) is 5.73 Å². The summed E-state index contributed by atoms with van der Waals surface area (Å²) >= 11 is 22.4. The summed E-state index contributed by atoms with van der Waals surface area (Å²) in [5.41, 5.74) is -1.71. The molecule has 5 nitrogen and oxygen atoms in total. The van der Waals surface area contributed by atoms with E-state index in [4.69, 9.17) is 52.1 Å². The lowest BCUT2D eigenvalue weighted by atomic mass is 9.93. The van der Waals surface area contributed by atoms with Gasteiger partial charge in [0.05, 0.1) is 6.54 Å². The summed E-state index contributed by atoms with van der Waals surface area (Å²) < 4.78 is 81.7. The summed E-state index contributed by atoms with van der Waals surface area (Å²) in [4.78, 5) is 10.9. The summed E-state index contributed by atoms with van der Waals surface area (Å²) in [7, 11) is 0. The van der Waals surface area contributed by atoms with E-state index in [2.05, 4.69) is 4.74 Å². The zero-order chi connectivity index (χ0) is 26.1. The molecule has 34 heavy (non-hydrogen) atoms. The van der Waals surface area contributed by atoms with Crippen molar-refractivity contribution in [3.05, 3.63) is 67.6 Å². The predicted octanol–water partition coefficient (Wildman–Crippen LogP) is 6.19. The van der Waals surface area contributed by atoms with Gasteiger partial charge in [0, 0.05) is 32.2 Å². The van der Waals surface area contributed by atoms with Crippen LogP contribution in [0.25, 0.3) is 0 Å². The van der Waals surface area contributed by atoms with Crippen LogP contribution in [0.15, 0.2) is 36.4 Å². The molecule has 1 aliphatic heterocycles. The molecule has 0 radical (unpaired) electrons. The monoisotopic (exact) mass is 572 g/mol. The number of nitrogens with two attached hydrogens (primary N) is 1. The van der Waals surface area contributed by atoms with Crippen LogP contribution in [0.2, 0.25) is 20.1 Å². The first kappa shape index (κ1) is 28.6. The zero-order valence-electron chi connectivity index (χ0n) is 16.5. The van der Waals surface area contributed by atoms with Crippen molar-refractivity contribution >= 4 is 52.5 Å². The molecule has 2 atom stereocenters. The van der Waals surface area contributed by atoms with Crippen molar-refractivity contribution < 1.29 is 41.0 Å². The summed E-state index contributed by atoms with van der Waals surface area (Å²) in [6.45, 7) is -1.72. The number of nitrogens with one attached hydrogen (secondary N) is 1. The number of benzene rings is 2. The Hall–Kier alpha value is -1.63. The molecule has 1 fully saturated rings. The van der Waals surface area contributed by atoms with Crippen molar-refractivity contribution in [3.63, 3.8) is 0 Å². The standard InChI is InChI=1S/C10H6Cl2F3NO2.C9H8Cl2F3NO/c11-6-1-5(2-7(12)3-6)9(10(13,14)15)4-16-8(17)18-9;10-6-1-5(2-7(11)3-6)8(16,4-15)9(12,13)14/h1-3H,4H2,(H,16,17);1-3,16H,4,15H2. The highest BCUT2D eigenvalue weighted by Gasteiger charge is 2.62. The molecule has 1 amide bonds. The van der Waals surface area contributed by atoms with E-state index in [1.807, 2.05) is 5.32 Å². The van der Waals surface area contributed by atoms with Crippen LogP contribution in [0.5, 0.6) is 0 Å². The zero-order valence-corrected chi connectivity index (χ0v) is 19.5. The Bertz CT molecular complexity index is 1030. The van der Waals surface area contributed by atoms with Crippen LogP contribution >= 0.6 is 46.4 Å². The van der Waals surface area contributed by atoms with Gasteiger partial charge in [-0.05, 0) is 42.0 Å². The van der Waals surface area contributed by atoms with E-state index < -0.39 is 48.3 Å². The number of amides is 1. The highest BCUT2D eigenvalue weighted by atomic mass is 35.5. The number of rotatable bonds is 3. The quantitative estimate of drug-likeness (QED) is 0.382. The molecule has 0 saturated carbocycles. The van der Waals surface area contributed by atoms with E-state index in [1.54, 1.807) is 0 Å². The molecule has 188 valence electrons. The van der Waals surface area contributed by atoms with Gasteiger partial charge in [0.25, 0.3) is 5.60 Å². The summed E-state index contributed by atoms with van der Waals surface area (Å²) in [5.74, 6) is 0. The van der Waals surface area contributed by atoms with Crippen LogP contribution in [0, 0.1) is 0 Å². The van der Waals surface area contributed by atoms with E-state index in [1.165, 1.54) is 12.1 Å².